The van der Waals surface area contributed by atoms with Crippen molar-refractivity contribution in [2.75, 3.05) is 0 Å². The molecule has 0 fully saturated rings. The van der Waals surface area contributed by atoms with E-state index in [2.05, 4.69) is 0 Å². The molecule has 46 heavy (non-hydrogen) atoms. The molecule has 0 atom stereocenters. The van der Waals surface area contributed by atoms with Gasteiger partial charge in [0.05, 0.1) is 16.2 Å². The van der Waals surface area contributed by atoms with Crippen LogP contribution >= 0.6 is 0 Å². The monoisotopic (exact) mass is 656 g/mol. The molecule has 0 aromatic heterocycles. The third-order valence-corrected chi connectivity index (χ3v) is 6.85. The fraction of sp³-hybridized carbons (Fsp3) is 0. The SMILES string of the molecule is Fc1c(F)c(F)c2c(OB(Oc3cccc4c(F)c(F)c(F)c(F)c34)Oc3cccc4c(F)c(F)c(F)c(F)c34)cccc2c1F. The van der Waals surface area contributed by atoms with Crippen molar-refractivity contribution in [3.05, 3.63) is 124 Å². The summed E-state index contributed by atoms with van der Waals surface area (Å²) in [4.78, 5) is 0. The van der Waals surface area contributed by atoms with Crippen molar-refractivity contribution in [1.29, 1.82) is 0 Å². The highest BCUT2D eigenvalue weighted by atomic mass is 19.2. The van der Waals surface area contributed by atoms with Crippen LogP contribution in [-0.2, 0) is 0 Å². The van der Waals surface area contributed by atoms with Crippen LogP contribution in [0.25, 0.3) is 32.3 Å². The summed E-state index contributed by atoms with van der Waals surface area (Å²) in [7, 11) is -2.57. The summed E-state index contributed by atoms with van der Waals surface area (Å²) in [6, 6.07) is 7.89. The molecule has 3 nitrogen and oxygen atoms in total. The molecular weight excluding hydrogens is 647 g/mol. The number of hydrogen-bond donors (Lipinski definition) is 0. The zero-order valence-corrected chi connectivity index (χ0v) is 22.0. The van der Waals surface area contributed by atoms with E-state index in [-0.39, 0.29) is 0 Å². The molecule has 0 spiro atoms. The summed E-state index contributed by atoms with van der Waals surface area (Å²) in [6.45, 7) is 0. The van der Waals surface area contributed by atoms with Crippen molar-refractivity contribution in [2.24, 2.45) is 0 Å². The maximum Gasteiger partial charge on any atom is 0.864 e. The molecule has 0 amide bonds. The van der Waals surface area contributed by atoms with E-state index in [1.165, 1.54) is 0 Å². The van der Waals surface area contributed by atoms with Crippen LogP contribution in [0, 0.1) is 69.8 Å². The Labute approximate surface area is 248 Å². The van der Waals surface area contributed by atoms with Crippen LogP contribution in [0.4, 0.5) is 52.7 Å². The fourth-order valence-electron chi connectivity index (χ4n) is 4.76. The molecule has 0 radical (unpaired) electrons. The van der Waals surface area contributed by atoms with E-state index in [9.17, 15) is 52.7 Å². The van der Waals surface area contributed by atoms with Crippen molar-refractivity contribution in [3.8, 4) is 17.2 Å². The Morgan fingerprint density at radius 1 is 0.304 bits per heavy atom. The largest absolute Gasteiger partial charge is 0.864 e. The van der Waals surface area contributed by atoms with Gasteiger partial charge in [0.15, 0.2) is 69.8 Å². The molecule has 0 aliphatic heterocycles. The molecule has 0 N–H and O–H groups in total. The van der Waals surface area contributed by atoms with Crippen molar-refractivity contribution in [1.82, 2.24) is 0 Å². The van der Waals surface area contributed by atoms with Gasteiger partial charge in [0.2, 0.25) is 0 Å². The van der Waals surface area contributed by atoms with Gasteiger partial charge in [0, 0.05) is 16.2 Å². The average Bonchev–Trinajstić information content (AvgIpc) is 3.05. The van der Waals surface area contributed by atoms with Gasteiger partial charge in [-0.1, -0.05) is 36.4 Å². The second-order valence-corrected chi connectivity index (χ2v) is 9.45. The van der Waals surface area contributed by atoms with Crippen molar-refractivity contribution in [2.45, 2.75) is 0 Å². The van der Waals surface area contributed by atoms with Crippen LogP contribution < -0.4 is 14.0 Å². The van der Waals surface area contributed by atoms with E-state index in [0.717, 1.165) is 54.6 Å². The van der Waals surface area contributed by atoms with E-state index < -0.39 is 127 Å². The average molecular weight is 656 g/mol. The van der Waals surface area contributed by atoms with Gasteiger partial charge in [-0.05, 0) is 18.2 Å². The number of halogens is 12. The summed E-state index contributed by atoms with van der Waals surface area (Å²) < 4.78 is 189. The Hall–Kier alpha value is -5.28. The Bertz CT molecular complexity index is 2000. The molecule has 0 aliphatic carbocycles. The second-order valence-electron chi connectivity index (χ2n) is 9.45. The Balaban J connectivity index is 1.56. The number of benzene rings is 6. The van der Waals surface area contributed by atoms with E-state index in [1.54, 1.807) is 0 Å². The molecule has 234 valence electrons. The normalized spacial score (nSPS) is 11.5. The van der Waals surface area contributed by atoms with Crippen molar-refractivity contribution in [3.63, 3.8) is 0 Å². The second kappa shape index (κ2) is 11.3. The first-order valence-corrected chi connectivity index (χ1v) is 12.6. The molecule has 6 aromatic rings. The quantitative estimate of drug-likeness (QED) is 0.0775. The van der Waals surface area contributed by atoms with E-state index in [0.29, 0.717) is 0 Å². The lowest BCUT2D eigenvalue weighted by Gasteiger charge is -2.20. The van der Waals surface area contributed by atoms with E-state index in [1.807, 2.05) is 0 Å². The van der Waals surface area contributed by atoms with Crippen molar-refractivity contribution < 1.29 is 66.6 Å². The zero-order valence-electron chi connectivity index (χ0n) is 22.0. The third-order valence-electron chi connectivity index (χ3n) is 6.85. The highest BCUT2D eigenvalue weighted by Gasteiger charge is 2.36. The van der Waals surface area contributed by atoms with Crippen LogP contribution in [-0.4, -0.2) is 7.32 Å². The minimum absolute atomic E-state index is 0.820. The predicted molar refractivity (Wildman–Crippen MR) is 139 cm³/mol. The minimum Gasteiger partial charge on any atom is -0.489 e. The van der Waals surface area contributed by atoms with Gasteiger partial charge in [0.1, 0.15) is 17.2 Å². The third kappa shape index (κ3) is 4.66. The lowest BCUT2D eigenvalue weighted by Crippen LogP contribution is -2.37. The highest BCUT2D eigenvalue weighted by molar-refractivity contribution is 6.40. The van der Waals surface area contributed by atoms with Gasteiger partial charge in [-0.2, -0.15) is 0 Å². The maximum atomic E-state index is 14.9. The molecule has 0 unspecified atom stereocenters. The molecule has 0 bridgehead atoms. The molecule has 16 heteroatoms. The Morgan fingerprint density at radius 2 is 0.543 bits per heavy atom. The van der Waals surface area contributed by atoms with Gasteiger partial charge in [-0.15, -0.1) is 0 Å². The first-order chi connectivity index (χ1) is 21.8. The molecule has 0 heterocycles. The van der Waals surface area contributed by atoms with Crippen LogP contribution in [0.1, 0.15) is 0 Å². The molecular formula is C30H9BF12O3. The van der Waals surface area contributed by atoms with Crippen LogP contribution in [0.15, 0.2) is 54.6 Å². The van der Waals surface area contributed by atoms with Crippen LogP contribution in [0.2, 0.25) is 0 Å². The standard InChI is InChI=1S/C30H9BF12O3/c32-19-10-4-1-7-13(16(10)22(35)28(41)25(19)38)44-31(45-14-8-2-5-11-17(14)23(36)29(42)26(39)20(11)33)46-15-9-3-6-12-18(15)24(37)30(43)27(40)21(12)34/h1-9H. The molecule has 0 saturated carbocycles. The van der Waals surface area contributed by atoms with E-state index in [4.69, 9.17) is 14.0 Å². The smallest absolute Gasteiger partial charge is 0.489 e. The predicted octanol–water partition coefficient (Wildman–Crippen LogP) is 9.34. The lowest BCUT2D eigenvalue weighted by molar-refractivity contribution is 0.310. The molecule has 0 aliphatic rings. The summed E-state index contributed by atoms with van der Waals surface area (Å²) in [6.07, 6.45) is 0. The molecule has 6 rings (SSSR count). The van der Waals surface area contributed by atoms with E-state index >= 15 is 0 Å². The Morgan fingerprint density at radius 3 is 0.804 bits per heavy atom. The van der Waals surface area contributed by atoms with Gasteiger partial charge in [-0.3, -0.25) is 0 Å². The molecule has 0 saturated heterocycles. The minimum atomic E-state index is -2.57. The van der Waals surface area contributed by atoms with Crippen molar-refractivity contribution >= 4 is 39.6 Å². The number of rotatable bonds is 6. The zero-order chi connectivity index (χ0) is 33.2. The highest BCUT2D eigenvalue weighted by Crippen LogP contribution is 2.38. The van der Waals surface area contributed by atoms with Gasteiger partial charge in [0.25, 0.3) is 0 Å². The topological polar surface area (TPSA) is 27.7 Å². The molecule has 6 aromatic carbocycles. The number of hydrogen-bond acceptors (Lipinski definition) is 3. The summed E-state index contributed by atoms with van der Waals surface area (Å²) in [5.41, 5.74) is 0. The van der Waals surface area contributed by atoms with Gasteiger partial charge < -0.3 is 14.0 Å². The summed E-state index contributed by atoms with van der Waals surface area (Å²) >= 11 is 0. The van der Waals surface area contributed by atoms with Gasteiger partial charge in [-0.25, -0.2) is 52.7 Å². The number of fused-ring (bicyclic) bond motifs is 3. The maximum absolute atomic E-state index is 14.9. The Kier molecular flexibility index (Phi) is 7.53. The first-order valence-electron chi connectivity index (χ1n) is 12.6. The fourth-order valence-corrected chi connectivity index (χ4v) is 4.76. The van der Waals surface area contributed by atoms with Gasteiger partial charge >= 0.3 is 7.32 Å². The summed E-state index contributed by atoms with van der Waals surface area (Å²) in [5, 5.41) is -5.79. The lowest BCUT2D eigenvalue weighted by atomic mass is 10.0. The first kappa shape index (κ1) is 30.7. The van der Waals surface area contributed by atoms with Crippen LogP contribution in [0.5, 0.6) is 17.2 Å². The van der Waals surface area contributed by atoms with Crippen LogP contribution in [0.3, 0.4) is 0 Å². The summed E-state index contributed by atoms with van der Waals surface area (Å²) in [5.74, 6) is -27.5.